The molecule has 2 aromatic rings. The van der Waals surface area contributed by atoms with E-state index in [1.807, 2.05) is 18.4 Å². The van der Waals surface area contributed by atoms with Crippen LogP contribution in [0.25, 0.3) is 11.3 Å². The molecular formula is C17H21N5O2S. The number of aromatic amines is 1. The van der Waals surface area contributed by atoms with Crippen molar-refractivity contribution in [1.82, 2.24) is 14.9 Å². The van der Waals surface area contributed by atoms with Crippen LogP contribution in [0.3, 0.4) is 0 Å². The van der Waals surface area contributed by atoms with Gasteiger partial charge in [-0.05, 0) is 26.0 Å². The Kier molecular flexibility index (Phi) is 5.81. The lowest BCUT2D eigenvalue weighted by molar-refractivity contribution is 0.0378. The van der Waals surface area contributed by atoms with Gasteiger partial charge in [0.15, 0.2) is 5.13 Å². The summed E-state index contributed by atoms with van der Waals surface area (Å²) in [5.41, 5.74) is 2.02. The van der Waals surface area contributed by atoms with Crippen LogP contribution in [-0.4, -0.2) is 54.3 Å². The van der Waals surface area contributed by atoms with Crippen LogP contribution in [0.4, 0.5) is 5.13 Å². The number of nitrogens with one attached hydrogen (secondary N) is 2. The number of hydrogen-bond donors (Lipinski definition) is 2. The number of thiazole rings is 1. The minimum atomic E-state index is -0.361. The Morgan fingerprint density at radius 3 is 3.04 bits per heavy atom. The van der Waals surface area contributed by atoms with Crippen molar-refractivity contribution in [3.05, 3.63) is 33.1 Å². The lowest BCUT2D eigenvalue weighted by Gasteiger charge is -2.26. The second-order valence-electron chi connectivity index (χ2n) is 5.93. The number of morpholine rings is 1. The molecule has 0 atom stereocenters. The standard InChI is InChI=1S/C17H21N5O2S/c1-12-14(9-13(10-18)16(23)20-12)15-11-25-17(21-15)19-3-2-4-22-5-7-24-8-6-22/h9,11H,2-8H2,1H3,(H,19,21)(H,20,23). The van der Waals surface area contributed by atoms with E-state index in [1.165, 1.54) is 11.3 Å². The highest BCUT2D eigenvalue weighted by molar-refractivity contribution is 7.14. The van der Waals surface area contributed by atoms with E-state index in [4.69, 9.17) is 10.00 Å². The van der Waals surface area contributed by atoms with Crippen LogP contribution >= 0.6 is 11.3 Å². The first-order chi connectivity index (χ1) is 12.2. The number of H-pyrrole nitrogens is 1. The minimum absolute atomic E-state index is 0.105. The molecule has 1 fully saturated rings. The Morgan fingerprint density at radius 1 is 1.48 bits per heavy atom. The largest absolute Gasteiger partial charge is 0.379 e. The van der Waals surface area contributed by atoms with E-state index in [0.717, 1.165) is 62.2 Å². The van der Waals surface area contributed by atoms with E-state index in [1.54, 1.807) is 6.07 Å². The van der Waals surface area contributed by atoms with Gasteiger partial charge in [-0.15, -0.1) is 11.3 Å². The fraction of sp³-hybridized carbons (Fsp3) is 0.471. The summed E-state index contributed by atoms with van der Waals surface area (Å²) in [6.45, 7) is 7.39. The number of nitrogens with zero attached hydrogens (tertiary/aromatic N) is 3. The molecule has 25 heavy (non-hydrogen) atoms. The third-order valence-electron chi connectivity index (χ3n) is 4.17. The monoisotopic (exact) mass is 359 g/mol. The summed E-state index contributed by atoms with van der Waals surface area (Å²) in [6, 6.07) is 3.52. The molecule has 8 heteroatoms. The van der Waals surface area contributed by atoms with Gasteiger partial charge in [0.05, 0.1) is 18.9 Å². The van der Waals surface area contributed by atoms with Crippen molar-refractivity contribution in [3.63, 3.8) is 0 Å². The predicted molar refractivity (Wildman–Crippen MR) is 98.0 cm³/mol. The molecule has 3 heterocycles. The SMILES string of the molecule is Cc1[nH]c(=O)c(C#N)cc1-c1csc(NCCCN2CCOCC2)n1. The van der Waals surface area contributed by atoms with Crippen molar-refractivity contribution < 1.29 is 4.74 Å². The first-order valence-corrected chi connectivity index (χ1v) is 9.19. The molecule has 0 saturated carbocycles. The molecule has 2 aromatic heterocycles. The van der Waals surface area contributed by atoms with Crippen LogP contribution in [0.2, 0.25) is 0 Å². The van der Waals surface area contributed by atoms with E-state index < -0.39 is 0 Å². The van der Waals surface area contributed by atoms with Gasteiger partial charge in [0, 0.05) is 36.3 Å². The highest BCUT2D eigenvalue weighted by Crippen LogP contribution is 2.26. The summed E-state index contributed by atoms with van der Waals surface area (Å²) < 4.78 is 5.35. The maximum Gasteiger partial charge on any atom is 0.266 e. The van der Waals surface area contributed by atoms with E-state index in [2.05, 4.69) is 20.2 Å². The number of anilines is 1. The van der Waals surface area contributed by atoms with Crippen LogP contribution in [0, 0.1) is 18.3 Å². The zero-order valence-corrected chi connectivity index (χ0v) is 15.0. The maximum absolute atomic E-state index is 11.6. The van der Waals surface area contributed by atoms with Gasteiger partial charge >= 0.3 is 0 Å². The second-order valence-corrected chi connectivity index (χ2v) is 6.79. The van der Waals surface area contributed by atoms with Gasteiger partial charge in [0.2, 0.25) is 0 Å². The average Bonchev–Trinajstić information content (AvgIpc) is 3.08. The molecular weight excluding hydrogens is 338 g/mol. The number of aromatic nitrogens is 2. The molecule has 0 aromatic carbocycles. The van der Waals surface area contributed by atoms with Gasteiger partial charge in [-0.2, -0.15) is 5.26 Å². The van der Waals surface area contributed by atoms with E-state index in [0.29, 0.717) is 5.69 Å². The Labute approximate surface area is 150 Å². The van der Waals surface area contributed by atoms with Crippen molar-refractivity contribution in [2.75, 3.05) is 44.7 Å². The first kappa shape index (κ1) is 17.6. The fourth-order valence-corrected chi connectivity index (χ4v) is 3.51. The molecule has 132 valence electrons. The van der Waals surface area contributed by atoms with Crippen LogP contribution in [0.5, 0.6) is 0 Å². The third-order valence-corrected chi connectivity index (χ3v) is 4.97. The topological polar surface area (TPSA) is 94.0 Å². The molecule has 0 spiro atoms. The van der Waals surface area contributed by atoms with Gasteiger partial charge in [-0.1, -0.05) is 0 Å². The summed E-state index contributed by atoms with van der Waals surface area (Å²) in [7, 11) is 0. The van der Waals surface area contributed by atoms with E-state index in [-0.39, 0.29) is 11.1 Å². The van der Waals surface area contributed by atoms with E-state index in [9.17, 15) is 4.79 Å². The summed E-state index contributed by atoms with van der Waals surface area (Å²) in [5.74, 6) is 0. The normalized spacial score (nSPS) is 15.0. The minimum Gasteiger partial charge on any atom is -0.379 e. The van der Waals surface area contributed by atoms with Crippen molar-refractivity contribution in [3.8, 4) is 17.3 Å². The number of rotatable bonds is 6. The van der Waals surface area contributed by atoms with Crippen LogP contribution < -0.4 is 10.9 Å². The number of hydrogen-bond acceptors (Lipinski definition) is 7. The molecule has 0 radical (unpaired) electrons. The van der Waals surface area contributed by atoms with Gasteiger partial charge in [0.25, 0.3) is 5.56 Å². The molecule has 1 aliphatic heterocycles. The average molecular weight is 359 g/mol. The molecule has 3 rings (SSSR count). The fourth-order valence-electron chi connectivity index (χ4n) is 2.77. The smallest absolute Gasteiger partial charge is 0.266 e. The predicted octanol–water partition coefficient (Wildman–Crippen LogP) is 1.81. The van der Waals surface area contributed by atoms with Crippen molar-refractivity contribution >= 4 is 16.5 Å². The van der Waals surface area contributed by atoms with E-state index >= 15 is 0 Å². The number of pyridine rings is 1. The Bertz CT molecular complexity index is 817. The zero-order chi connectivity index (χ0) is 17.6. The molecule has 7 nitrogen and oxygen atoms in total. The number of aryl methyl sites for hydroxylation is 1. The van der Waals surface area contributed by atoms with Crippen LogP contribution in [-0.2, 0) is 4.74 Å². The van der Waals surface area contributed by atoms with Crippen LogP contribution in [0.1, 0.15) is 17.7 Å². The summed E-state index contributed by atoms with van der Waals surface area (Å²) in [5, 5.41) is 15.2. The van der Waals surface area contributed by atoms with Crippen molar-refractivity contribution in [2.45, 2.75) is 13.3 Å². The highest BCUT2D eigenvalue weighted by atomic mass is 32.1. The molecule has 0 unspecified atom stereocenters. The van der Waals surface area contributed by atoms with Crippen molar-refractivity contribution in [2.24, 2.45) is 0 Å². The Balaban J connectivity index is 1.57. The molecule has 0 aliphatic carbocycles. The summed E-state index contributed by atoms with van der Waals surface area (Å²) >= 11 is 1.53. The zero-order valence-electron chi connectivity index (χ0n) is 14.2. The first-order valence-electron chi connectivity index (χ1n) is 8.31. The molecule has 0 amide bonds. The number of nitriles is 1. The Hall–Kier alpha value is -2.21. The quantitative estimate of drug-likeness (QED) is 0.764. The van der Waals surface area contributed by atoms with Crippen LogP contribution in [0.15, 0.2) is 16.2 Å². The van der Waals surface area contributed by atoms with Gasteiger partial charge in [-0.3, -0.25) is 9.69 Å². The number of ether oxygens (including phenoxy) is 1. The summed E-state index contributed by atoms with van der Waals surface area (Å²) in [4.78, 5) is 21.3. The van der Waals surface area contributed by atoms with Gasteiger partial charge in [-0.25, -0.2) is 4.98 Å². The van der Waals surface area contributed by atoms with Crippen molar-refractivity contribution in [1.29, 1.82) is 5.26 Å². The second kappa shape index (κ2) is 8.25. The molecule has 1 aliphatic rings. The lowest BCUT2D eigenvalue weighted by Crippen LogP contribution is -2.37. The molecule has 2 N–H and O–H groups in total. The summed E-state index contributed by atoms with van der Waals surface area (Å²) in [6.07, 6.45) is 1.05. The van der Waals surface area contributed by atoms with Gasteiger partial charge < -0.3 is 15.0 Å². The maximum atomic E-state index is 11.6. The molecule has 0 bridgehead atoms. The lowest BCUT2D eigenvalue weighted by atomic mass is 10.1. The Morgan fingerprint density at radius 2 is 2.28 bits per heavy atom. The molecule has 1 saturated heterocycles. The van der Waals surface area contributed by atoms with Gasteiger partial charge in [0.1, 0.15) is 11.6 Å². The highest BCUT2D eigenvalue weighted by Gasteiger charge is 2.12. The third kappa shape index (κ3) is 4.45.